The van der Waals surface area contributed by atoms with Crippen molar-refractivity contribution in [3.63, 3.8) is 0 Å². The molecule has 0 atom stereocenters. The quantitative estimate of drug-likeness (QED) is 0.823. The topological polar surface area (TPSA) is 73.1 Å². The molecule has 0 aliphatic rings. The van der Waals surface area contributed by atoms with Crippen LogP contribution in [0.5, 0.6) is 5.88 Å². The van der Waals surface area contributed by atoms with Gasteiger partial charge >= 0.3 is 0 Å². The van der Waals surface area contributed by atoms with Gasteiger partial charge in [0.1, 0.15) is 5.56 Å². The molecule has 0 spiro atoms. The molecule has 0 amide bonds. The molecular formula is C10H12N4O2. The van der Waals surface area contributed by atoms with Gasteiger partial charge in [0.2, 0.25) is 5.88 Å². The lowest BCUT2D eigenvalue weighted by molar-refractivity contribution is 0.390. The van der Waals surface area contributed by atoms with Gasteiger partial charge in [-0.1, -0.05) is 5.16 Å². The minimum atomic E-state index is 0.412. The third kappa shape index (κ3) is 2.01. The van der Waals surface area contributed by atoms with Crippen LogP contribution in [0.15, 0.2) is 22.9 Å². The van der Waals surface area contributed by atoms with Gasteiger partial charge in [0.05, 0.1) is 13.7 Å². The van der Waals surface area contributed by atoms with Crippen LogP contribution in [0, 0.1) is 0 Å². The first-order valence-corrected chi connectivity index (χ1v) is 4.81. The zero-order valence-electron chi connectivity index (χ0n) is 9.10. The average Bonchev–Trinajstić information content (AvgIpc) is 2.78. The van der Waals surface area contributed by atoms with Crippen LogP contribution >= 0.6 is 0 Å². The van der Waals surface area contributed by atoms with Crippen molar-refractivity contribution >= 4 is 0 Å². The summed E-state index contributed by atoms with van der Waals surface area (Å²) in [5.41, 5.74) is 0.694. The molecule has 6 nitrogen and oxygen atoms in total. The van der Waals surface area contributed by atoms with Gasteiger partial charge < -0.3 is 14.6 Å². The fourth-order valence-corrected chi connectivity index (χ4v) is 1.31. The number of rotatable bonds is 4. The van der Waals surface area contributed by atoms with E-state index in [1.54, 1.807) is 19.4 Å². The average molecular weight is 220 g/mol. The minimum absolute atomic E-state index is 0.412. The maximum Gasteiger partial charge on any atom is 0.263 e. The van der Waals surface area contributed by atoms with Crippen LogP contribution < -0.4 is 10.1 Å². The lowest BCUT2D eigenvalue weighted by atomic mass is 10.3. The first-order valence-electron chi connectivity index (χ1n) is 4.81. The number of hydrogen-bond donors (Lipinski definition) is 1. The number of aromatic nitrogens is 3. The van der Waals surface area contributed by atoms with Crippen molar-refractivity contribution in [2.24, 2.45) is 0 Å². The monoisotopic (exact) mass is 220 g/mol. The van der Waals surface area contributed by atoms with E-state index in [0.29, 0.717) is 29.7 Å². The van der Waals surface area contributed by atoms with Crippen molar-refractivity contribution in [3.05, 3.63) is 24.2 Å². The molecule has 2 rings (SSSR count). The zero-order chi connectivity index (χ0) is 11.4. The Labute approximate surface area is 92.7 Å². The molecule has 2 aromatic rings. The van der Waals surface area contributed by atoms with Crippen molar-refractivity contribution in [1.29, 1.82) is 0 Å². The smallest absolute Gasteiger partial charge is 0.263 e. The number of nitrogens with one attached hydrogen (secondary N) is 1. The summed E-state index contributed by atoms with van der Waals surface area (Å²) in [4.78, 5) is 8.28. The van der Waals surface area contributed by atoms with Crippen LogP contribution in [0.4, 0.5) is 0 Å². The number of ether oxygens (including phenoxy) is 1. The third-order valence-corrected chi connectivity index (χ3v) is 2.00. The van der Waals surface area contributed by atoms with E-state index < -0.39 is 0 Å². The van der Waals surface area contributed by atoms with Gasteiger partial charge in [0.25, 0.3) is 5.89 Å². The molecule has 2 heterocycles. The standard InChI is InChI=1S/C10H12N4O2/c1-11-6-8-13-10(16-14-8)7-4-3-5-12-9(7)15-2/h3-5,11H,6H2,1-2H3. The molecule has 16 heavy (non-hydrogen) atoms. The highest BCUT2D eigenvalue weighted by molar-refractivity contribution is 5.59. The predicted octanol–water partition coefficient (Wildman–Crippen LogP) is 0.860. The Morgan fingerprint density at radius 3 is 3.12 bits per heavy atom. The number of pyridine rings is 1. The third-order valence-electron chi connectivity index (χ3n) is 2.00. The van der Waals surface area contributed by atoms with Crippen molar-refractivity contribution in [2.45, 2.75) is 6.54 Å². The lowest BCUT2D eigenvalue weighted by Crippen LogP contribution is -2.06. The van der Waals surface area contributed by atoms with Crippen molar-refractivity contribution in [1.82, 2.24) is 20.4 Å². The molecule has 0 radical (unpaired) electrons. The van der Waals surface area contributed by atoms with E-state index >= 15 is 0 Å². The van der Waals surface area contributed by atoms with Crippen molar-refractivity contribution in [2.75, 3.05) is 14.2 Å². The van der Waals surface area contributed by atoms with Crippen molar-refractivity contribution < 1.29 is 9.26 Å². The summed E-state index contributed by atoms with van der Waals surface area (Å²) in [5, 5.41) is 6.77. The normalized spacial score (nSPS) is 10.4. The van der Waals surface area contributed by atoms with Crippen LogP contribution in [-0.4, -0.2) is 29.3 Å². The van der Waals surface area contributed by atoms with E-state index in [4.69, 9.17) is 9.26 Å². The fraction of sp³-hybridized carbons (Fsp3) is 0.300. The molecule has 2 aromatic heterocycles. The SMILES string of the molecule is CNCc1noc(-c2cccnc2OC)n1. The Bertz CT molecular complexity index is 469. The molecule has 0 fully saturated rings. The Hall–Kier alpha value is -1.95. The van der Waals surface area contributed by atoms with E-state index in [0.717, 1.165) is 0 Å². The van der Waals surface area contributed by atoms with Gasteiger partial charge in [-0.15, -0.1) is 0 Å². The molecule has 1 N–H and O–H groups in total. The number of hydrogen-bond acceptors (Lipinski definition) is 6. The molecule has 0 saturated heterocycles. The van der Waals surface area contributed by atoms with Gasteiger partial charge in [0, 0.05) is 6.20 Å². The summed E-state index contributed by atoms with van der Waals surface area (Å²) in [7, 11) is 3.37. The Morgan fingerprint density at radius 1 is 1.50 bits per heavy atom. The van der Waals surface area contributed by atoms with Crippen LogP contribution in [0.25, 0.3) is 11.5 Å². The molecule has 6 heteroatoms. The Morgan fingerprint density at radius 2 is 2.38 bits per heavy atom. The maximum atomic E-state index is 5.12. The van der Waals surface area contributed by atoms with Gasteiger partial charge in [0.15, 0.2) is 5.82 Å². The molecule has 0 bridgehead atoms. The second-order valence-corrected chi connectivity index (χ2v) is 3.11. The molecule has 84 valence electrons. The number of nitrogens with zero attached hydrogens (tertiary/aromatic N) is 3. The van der Waals surface area contributed by atoms with E-state index in [1.807, 2.05) is 13.1 Å². The second-order valence-electron chi connectivity index (χ2n) is 3.11. The molecule has 0 unspecified atom stereocenters. The zero-order valence-corrected chi connectivity index (χ0v) is 9.10. The van der Waals surface area contributed by atoms with Gasteiger partial charge in [-0.25, -0.2) is 4.98 Å². The van der Waals surface area contributed by atoms with E-state index in [9.17, 15) is 0 Å². The second kappa shape index (κ2) is 4.71. The molecular weight excluding hydrogens is 208 g/mol. The van der Waals surface area contributed by atoms with E-state index in [2.05, 4.69) is 20.4 Å². The lowest BCUT2D eigenvalue weighted by Gasteiger charge is -2.01. The fourth-order valence-electron chi connectivity index (χ4n) is 1.31. The molecule has 0 aromatic carbocycles. The summed E-state index contributed by atoms with van der Waals surface area (Å²) < 4.78 is 10.2. The van der Waals surface area contributed by atoms with E-state index in [1.165, 1.54) is 0 Å². The minimum Gasteiger partial charge on any atom is -0.480 e. The van der Waals surface area contributed by atoms with Crippen LogP contribution in [0.3, 0.4) is 0 Å². The molecule has 0 aliphatic heterocycles. The Balaban J connectivity index is 2.34. The predicted molar refractivity (Wildman–Crippen MR) is 56.8 cm³/mol. The highest BCUT2D eigenvalue weighted by Crippen LogP contribution is 2.25. The van der Waals surface area contributed by atoms with Gasteiger partial charge in [-0.3, -0.25) is 0 Å². The summed E-state index contributed by atoms with van der Waals surface area (Å²) in [6, 6.07) is 3.61. The summed E-state index contributed by atoms with van der Waals surface area (Å²) in [6.45, 7) is 0.562. The van der Waals surface area contributed by atoms with Crippen molar-refractivity contribution in [3.8, 4) is 17.3 Å². The number of methoxy groups -OCH3 is 1. The van der Waals surface area contributed by atoms with E-state index in [-0.39, 0.29) is 0 Å². The molecule has 0 aliphatic carbocycles. The van der Waals surface area contributed by atoms with Crippen LogP contribution in [0.2, 0.25) is 0 Å². The largest absolute Gasteiger partial charge is 0.480 e. The van der Waals surface area contributed by atoms with Gasteiger partial charge in [-0.05, 0) is 19.2 Å². The van der Waals surface area contributed by atoms with Crippen LogP contribution in [0.1, 0.15) is 5.82 Å². The highest BCUT2D eigenvalue weighted by Gasteiger charge is 2.13. The van der Waals surface area contributed by atoms with Crippen LogP contribution in [-0.2, 0) is 6.54 Å². The summed E-state index contributed by atoms with van der Waals surface area (Å²) in [5.74, 6) is 1.49. The summed E-state index contributed by atoms with van der Waals surface area (Å²) >= 11 is 0. The maximum absolute atomic E-state index is 5.12. The Kier molecular flexibility index (Phi) is 3.11. The molecule has 0 saturated carbocycles. The van der Waals surface area contributed by atoms with Gasteiger partial charge in [-0.2, -0.15) is 4.98 Å². The summed E-state index contributed by atoms with van der Waals surface area (Å²) in [6.07, 6.45) is 1.65. The first-order chi connectivity index (χ1) is 7.85. The highest BCUT2D eigenvalue weighted by atomic mass is 16.5. The first kappa shape index (κ1) is 10.6.